The highest BCUT2D eigenvalue weighted by molar-refractivity contribution is 7.09. The zero-order valence-electron chi connectivity index (χ0n) is 17.0. The van der Waals surface area contributed by atoms with Gasteiger partial charge in [-0.25, -0.2) is 0 Å². The van der Waals surface area contributed by atoms with Crippen LogP contribution in [0.1, 0.15) is 28.1 Å². The summed E-state index contributed by atoms with van der Waals surface area (Å²) in [6.07, 6.45) is 3.25. The molecule has 3 heterocycles. The molecule has 1 aliphatic heterocycles. The Morgan fingerprint density at radius 2 is 2.03 bits per heavy atom. The van der Waals surface area contributed by atoms with Crippen LogP contribution < -0.4 is 0 Å². The number of aromatic hydroxyl groups is 1. The zero-order chi connectivity index (χ0) is 20.1. The monoisotopic (exact) mass is 414 g/mol. The second kappa shape index (κ2) is 7.00. The van der Waals surface area contributed by atoms with Crippen LogP contribution in [-0.4, -0.2) is 28.1 Å². The van der Waals surface area contributed by atoms with Gasteiger partial charge in [0.2, 0.25) is 0 Å². The lowest BCUT2D eigenvalue weighted by molar-refractivity contribution is 0.0771. The lowest BCUT2D eigenvalue weighted by Gasteiger charge is -2.51. The summed E-state index contributed by atoms with van der Waals surface area (Å²) in [5.74, 6) is 0.920. The molecule has 2 unspecified atom stereocenters. The van der Waals surface area contributed by atoms with Crippen molar-refractivity contribution in [2.75, 3.05) is 13.1 Å². The number of fused-ring (bicyclic) bond motifs is 4. The normalized spacial score (nSPS) is 23.9. The molecule has 3 nitrogen and oxygen atoms in total. The number of aromatic nitrogens is 1. The van der Waals surface area contributed by atoms with E-state index >= 15 is 0 Å². The van der Waals surface area contributed by atoms with Crippen molar-refractivity contribution in [2.45, 2.75) is 31.2 Å². The Hall–Kier alpha value is -2.56. The minimum atomic E-state index is 0.0819. The maximum Gasteiger partial charge on any atom is 0.115 e. The summed E-state index contributed by atoms with van der Waals surface area (Å²) < 4.78 is 0. The maximum atomic E-state index is 10.2. The number of phenols is 1. The number of nitrogens with one attached hydrogen (secondary N) is 1. The molecule has 4 heteroatoms. The first kappa shape index (κ1) is 18.2. The third-order valence-corrected chi connectivity index (χ3v) is 8.22. The van der Waals surface area contributed by atoms with Crippen LogP contribution in [0.4, 0.5) is 0 Å². The van der Waals surface area contributed by atoms with Crippen LogP contribution in [-0.2, 0) is 24.8 Å². The summed E-state index contributed by atoms with van der Waals surface area (Å²) >= 11 is 1.86. The number of hydrogen-bond donors (Lipinski definition) is 2. The number of H-pyrrole nitrogens is 1. The van der Waals surface area contributed by atoms with Gasteiger partial charge in [0.15, 0.2) is 0 Å². The minimum absolute atomic E-state index is 0.0819. The number of thiophene rings is 1. The molecular weight excluding hydrogens is 388 g/mol. The molecule has 6 rings (SSSR count). The molecule has 0 spiro atoms. The van der Waals surface area contributed by atoms with Gasteiger partial charge in [-0.15, -0.1) is 11.3 Å². The molecule has 30 heavy (non-hydrogen) atoms. The molecule has 2 atom stereocenters. The summed E-state index contributed by atoms with van der Waals surface area (Å²) in [7, 11) is 0. The molecule has 0 amide bonds. The van der Waals surface area contributed by atoms with Crippen molar-refractivity contribution in [1.82, 2.24) is 9.88 Å². The van der Waals surface area contributed by atoms with Crippen molar-refractivity contribution >= 4 is 22.2 Å². The first-order chi connectivity index (χ1) is 14.7. The molecule has 0 radical (unpaired) electrons. The number of benzene rings is 2. The Bertz CT molecular complexity index is 1190. The summed E-state index contributed by atoms with van der Waals surface area (Å²) in [5, 5.41) is 13.8. The molecule has 1 saturated heterocycles. The summed E-state index contributed by atoms with van der Waals surface area (Å²) in [6, 6.07) is 21.2. The molecule has 2 aromatic heterocycles. The third-order valence-electron chi connectivity index (χ3n) is 7.36. The van der Waals surface area contributed by atoms with E-state index in [2.05, 4.69) is 57.7 Å². The van der Waals surface area contributed by atoms with Crippen LogP contribution in [0.15, 0.2) is 66.0 Å². The van der Waals surface area contributed by atoms with Gasteiger partial charge in [0.1, 0.15) is 5.75 Å². The Morgan fingerprint density at radius 3 is 2.90 bits per heavy atom. The van der Waals surface area contributed by atoms with Crippen molar-refractivity contribution in [3.8, 4) is 5.75 Å². The van der Waals surface area contributed by atoms with E-state index in [4.69, 9.17) is 0 Å². The SMILES string of the molecule is Oc1cccc(C23CCN(Cc4cccs4)CC2Cc2c([nH]c4ccccc24)C3)c1. The van der Waals surface area contributed by atoms with E-state index in [9.17, 15) is 5.11 Å². The summed E-state index contributed by atoms with van der Waals surface area (Å²) in [6.45, 7) is 3.25. The van der Waals surface area contributed by atoms with Crippen LogP contribution in [0.25, 0.3) is 10.9 Å². The van der Waals surface area contributed by atoms with Gasteiger partial charge >= 0.3 is 0 Å². The quantitative estimate of drug-likeness (QED) is 0.465. The summed E-state index contributed by atoms with van der Waals surface area (Å²) in [4.78, 5) is 7.82. The number of aromatic amines is 1. The van der Waals surface area contributed by atoms with Gasteiger partial charge in [0.05, 0.1) is 0 Å². The first-order valence-electron chi connectivity index (χ1n) is 10.8. The van der Waals surface area contributed by atoms with E-state index in [0.29, 0.717) is 11.7 Å². The van der Waals surface area contributed by atoms with E-state index in [1.54, 1.807) is 6.07 Å². The van der Waals surface area contributed by atoms with Gasteiger partial charge in [-0.3, -0.25) is 4.90 Å². The lowest BCUT2D eigenvalue weighted by atomic mass is 9.58. The standard InChI is InChI=1S/C26H26N2OS/c29-20-6-3-5-18(13-20)26-10-11-28(17-21-7-4-12-30-21)16-19(26)14-23-22-8-1-2-9-24(22)27-25(23)15-26/h1-9,12-13,19,27,29H,10-11,14-17H2. The van der Waals surface area contributed by atoms with Crippen molar-refractivity contribution in [2.24, 2.45) is 5.92 Å². The topological polar surface area (TPSA) is 39.3 Å². The van der Waals surface area contributed by atoms with Crippen LogP contribution in [0.3, 0.4) is 0 Å². The minimum Gasteiger partial charge on any atom is -0.508 e. The number of hydrogen-bond acceptors (Lipinski definition) is 3. The molecule has 2 N–H and O–H groups in total. The highest BCUT2D eigenvalue weighted by atomic mass is 32.1. The average Bonchev–Trinajstić information content (AvgIpc) is 3.39. The fraction of sp³-hybridized carbons (Fsp3) is 0.308. The largest absolute Gasteiger partial charge is 0.508 e. The Balaban J connectivity index is 1.42. The Labute approximate surface area is 181 Å². The van der Waals surface area contributed by atoms with Crippen LogP contribution in [0.2, 0.25) is 0 Å². The highest BCUT2D eigenvalue weighted by Crippen LogP contribution is 2.49. The van der Waals surface area contributed by atoms with Gasteiger partial charge < -0.3 is 10.1 Å². The molecule has 4 aromatic rings. The molecule has 2 aliphatic rings. The van der Waals surface area contributed by atoms with Crippen molar-refractivity contribution in [3.63, 3.8) is 0 Å². The smallest absolute Gasteiger partial charge is 0.115 e. The highest BCUT2D eigenvalue weighted by Gasteiger charge is 2.48. The number of rotatable bonds is 3. The third kappa shape index (κ3) is 2.90. The van der Waals surface area contributed by atoms with Crippen LogP contribution in [0.5, 0.6) is 5.75 Å². The van der Waals surface area contributed by atoms with E-state index < -0.39 is 0 Å². The molecule has 0 saturated carbocycles. The van der Waals surface area contributed by atoms with Gasteiger partial charge in [-0.2, -0.15) is 0 Å². The van der Waals surface area contributed by atoms with E-state index in [1.165, 1.54) is 32.6 Å². The lowest BCUT2D eigenvalue weighted by Crippen LogP contribution is -2.53. The van der Waals surface area contributed by atoms with Gasteiger partial charge in [0, 0.05) is 40.0 Å². The van der Waals surface area contributed by atoms with Gasteiger partial charge in [-0.1, -0.05) is 36.4 Å². The van der Waals surface area contributed by atoms with Crippen molar-refractivity contribution in [3.05, 3.63) is 87.7 Å². The summed E-state index contributed by atoms with van der Waals surface area (Å²) in [5.41, 5.74) is 5.53. The average molecular weight is 415 g/mol. The van der Waals surface area contributed by atoms with Crippen LogP contribution >= 0.6 is 11.3 Å². The number of piperidine rings is 1. The fourth-order valence-electron chi connectivity index (χ4n) is 5.90. The molecular formula is C26H26N2OS. The predicted octanol–water partition coefficient (Wildman–Crippen LogP) is 5.49. The number of phenolic OH excluding ortho intramolecular Hbond substituents is 1. The van der Waals surface area contributed by atoms with Gasteiger partial charge in [0.25, 0.3) is 0 Å². The van der Waals surface area contributed by atoms with E-state index in [-0.39, 0.29) is 5.41 Å². The molecule has 1 aliphatic carbocycles. The van der Waals surface area contributed by atoms with Gasteiger partial charge in [-0.05, 0) is 72.5 Å². The molecule has 152 valence electrons. The van der Waals surface area contributed by atoms with Crippen LogP contribution in [0, 0.1) is 5.92 Å². The van der Waals surface area contributed by atoms with Crippen molar-refractivity contribution in [1.29, 1.82) is 0 Å². The predicted molar refractivity (Wildman–Crippen MR) is 123 cm³/mol. The molecule has 1 fully saturated rings. The van der Waals surface area contributed by atoms with E-state index in [1.807, 2.05) is 23.5 Å². The Morgan fingerprint density at radius 1 is 1.10 bits per heavy atom. The first-order valence-corrected chi connectivity index (χ1v) is 11.7. The second-order valence-corrected chi connectivity index (χ2v) is 10.0. The van der Waals surface area contributed by atoms with E-state index in [0.717, 1.165) is 38.9 Å². The number of nitrogens with zero attached hydrogens (tertiary/aromatic N) is 1. The number of likely N-dealkylation sites (tertiary alicyclic amines) is 1. The fourth-order valence-corrected chi connectivity index (χ4v) is 6.64. The number of para-hydroxylation sites is 1. The maximum absolute atomic E-state index is 10.2. The molecule has 0 bridgehead atoms. The zero-order valence-corrected chi connectivity index (χ0v) is 17.8. The second-order valence-electron chi connectivity index (χ2n) is 8.98. The molecule has 2 aromatic carbocycles. The Kier molecular flexibility index (Phi) is 4.25. The van der Waals surface area contributed by atoms with Crippen molar-refractivity contribution < 1.29 is 5.11 Å².